The molecule has 3 nitrogen and oxygen atoms in total. The van der Waals surface area contributed by atoms with Gasteiger partial charge in [-0.25, -0.2) is 0 Å². The average Bonchev–Trinajstić information content (AvgIpc) is 2.56. The van der Waals surface area contributed by atoms with Gasteiger partial charge in [0.25, 0.3) is 0 Å². The fraction of sp³-hybridized carbons (Fsp3) is 0.417. The third kappa shape index (κ3) is 2.20. The van der Waals surface area contributed by atoms with E-state index in [-0.39, 0.29) is 18.4 Å². The molecule has 2 N–H and O–H groups in total. The summed E-state index contributed by atoms with van der Waals surface area (Å²) in [6.45, 7) is 0. The van der Waals surface area contributed by atoms with Gasteiger partial charge in [0.15, 0.2) is 0 Å². The minimum Gasteiger partial charge on any atom is -0.390 e. The second kappa shape index (κ2) is 4.85. The molecule has 0 aromatic heterocycles. The SMILES string of the molecule is O=C(CCCl)N[C@H]1c2ccccc2C[C@H]1O. The number of carbonyl (C=O) groups is 1. The van der Waals surface area contributed by atoms with Crippen molar-refractivity contribution in [2.24, 2.45) is 0 Å². The molecular weight excluding hydrogens is 226 g/mol. The van der Waals surface area contributed by atoms with Crippen molar-refractivity contribution in [2.45, 2.75) is 25.0 Å². The fourth-order valence-corrected chi connectivity index (χ4v) is 2.25. The Bertz CT molecular complexity index is 394. The fourth-order valence-electron chi connectivity index (χ4n) is 2.08. The Morgan fingerprint density at radius 3 is 3.00 bits per heavy atom. The number of rotatable bonds is 3. The zero-order valence-corrected chi connectivity index (χ0v) is 9.57. The van der Waals surface area contributed by atoms with E-state index in [0.29, 0.717) is 12.3 Å². The van der Waals surface area contributed by atoms with Gasteiger partial charge in [0, 0.05) is 18.7 Å². The van der Waals surface area contributed by atoms with Crippen LogP contribution in [0.5, 0.6) is 0 Å². The van der Waals surface area contributed by atoms with E-state index in [1.807, 2.05) is 24.3 Å². The van der Waals surface area contributed by atoms with E-state index in [4.69, 9.17) is 11.6 Å². The average molecular weight is 240 g/mol. The Kier molecular flexibility index (Phi) is 3.46. The monoisotopic (exact) mass is 239 g/mol. The van der Waals surface area contributed by atoms with Gasteiger partial charge in [0.1, 0.15) is 0 Å². The largest absolute Gasteiger partial charge is 0.390 e. The third-order valence-electron chi connectivity index (χ3n) is 2.84. The van der Waals surface area contributed by atoms with Gasteiger partial charge in [-0.15, -0.1) is 11.6 Å². The van der Waals surface area contributed by atoms with Crippen LogP contribution in [-0.4, -0.2) is 23.0 Å². The summed E-state index contributed by atoms with van der Waals surface area (Å²) in [5.74, 6) is 0.187. The number of benzene rings is 1. The second-order valence-corrected chi connectivity index (χ2v) is 4.33. The van der Waals surface area contributed by atoms with E-state index >= 15 is 0 Å². The summed E-state index contributed by atoms with van der Waals surface area (Å²) >= 11 is 5.50. The van der Waals surface area contributed by atoms with Crippen LogP contribution in [0.1, 0.15) is 23.6 Å². The summed E-state index contributed by atoms with van der Waals surface area (Å²) in [6.07, 6.45) is 0.353. The lowest BCUT2D eigenvalue weighted by Crippen LogP contribution is -2.33. The number of hydrogen-bond acceptors (Lipinski definition) is 2. The lowest BCUT2D eigenvalue weighted by atomic mass is 10.1. The number of alkyl halides is 1. The first-order valence-corrected chi connectivity index (χ1v) is 5.87. The van der Waals surface area contributed by atoms with Gasteiger partial charge in [-0.2, -0.15) is 0 Å². The Morgan fingerprint density at radius 2 is 2.25 bits per heavy atom. The number of aliphatic hydroxyl groups is 1. The Hall–Kier alpha value is -1.06. The lowest BCUT2D eigenvalue weighted by molar-refractivity contribution is -0.122. The van der Waals surface area contributed by atoms with E-state index in [1.165, 1.54) is 0 Å². The maximum absolute atomic E-state index is 11.4. The molecule has 0 fully saturated rings. The molecular formula is C12H14ClNO2. The molecule has 0 bridgehead atoms. The highest BCUT2D eigenvalue weighted by Crippen LogP contribution is 2.31. The van der Waals surface area contributed by atoms with Gasteiger partial charge < -0.3 is 10.4 Å². The van der Waals surface area contributed by atoms with Crippen molar-refractivity contribution in [3.8, 4) is 0 Å². The van der Waals surface area contributed by atoms with Crippen LogP contribution < -0.4 is 5.32 Å². The molecule has 0 heterocycles. The van der Waals surface area contributed by atoms with Crippen LogP contribution in [0.15, 0.2) is 24.3 Å². The van der Waals surface area contributed by atoms with Crippen LogP contribution in [-0.2, 0) is 11.2 Å². The van der Waals surface area contributed by atoms with Crippen LogP contribution in [0.4, 0.5) is 0 Å². The maximum atomic E-state index is 11.4. The Morgan fingerprint density at radius 1 is 1.50 bits per heavy atom. The summed E-state index contributed by atoms with van der Waals surface area (Å²) in [4.78, 5) is 11.4. The van der Waals surface area contributed by atoms with Crippen molar-refractivity contribution in [1.29, 1.82) is 0 Å². The zero-order chi connectivity index (χ0) is 11.5. The van der Waals surface area contributed by atoms with Gasteiger partial charge in [-0.05, 0) is 11.1 Å². The van der Waals surface area contributed by atoms with Crippen LogP contribution >= 0.6 is 11.6 Å². The van der Waals surface area contributed by atoms with Crippen LogP contribution in [0.25, 0.3) is 0 Å². The normalized spacial score (nSPS) is 22.9. The van der Waals surface area contributed by atoms with Crippen LogP contribution in [0.2, 0.25) is 0 Å². The minimum absolute atomic E-state index is 0.115. The van der Waals surface area contributed by atoms with E-state index in [1.54, 1.807) is 0 Å². The van der Waals surface area contributed by atoms with Crippen molar-refractivity contribution in [3.63, 3.8) is 0 Å². The number of nitrogens with one attached hydrogen (secondary N) is 1. The van der Waals surface area contributed by atoms with Crippen molar-refractivity contribution in [2.75, 3.05) is 5.88 Å². The molecule has 2 rings (SSSR count). The summed E-state index contributed by atoms with van der Waals surface area (Å²) in [6, 6.07) is 7.49. The Balaban J connectivity index is 2.13. The number of fused-ring (bicyclic) bond motifs is 1. The first-order chi connectivity index (χ1) is 7.72. The van der Waals surface area contributed by atoms with Crippen molar-refractivity contribution in [3.05, 3.63) is 35.4 Å². The first-order valence-electron chi connectivity index (χ1n) is 5.33. The van der Waals surface area contributed by atoms with Crippen molar-refractivity contribution in [1.82, 2.24) is 5.32 Å². The van der Waals surface area contributed by atoms with Crippen LogP contribution in [0, 0.1) is 0 Å². The molecule has 2 atom stereocenters. The molecule has 0 spiro atoms. The number of halogens is 1. The molecule has 0 saturated carbocycles. The molecule has 4 heteroatoms. The molecule has 1 aliphatic carbocycles. The molecule has 0 aliphatic heterocycles. The molecule has 1 aromatic carbocycles. The second-order valence-electron chi connectivity index (χ2n) is 3.95. The molecule has 1 aromatic rings. The lowest BCUT2D eigenvalue weighted by Gasteiger charge is -2.17. The third-order valence-corrected chi connectivity index (χ3v) is 3.03. The molecule has 1 amide bonds. The molecule has 86 valence electrons. The van der Waals surface area contributed by atoms with E-state index in [9.17, 15) is 9.90 Å². The van der Waals surface area contributed by atoms with E-state index in [2.05, 4.69) is 5.32 Å². The van der Waals surface area contributed by atoms with Gasteiger partial charge in [-0.1, -0.05) is 24.3 Å². The van der Waals surface area contributed by atoms with E-state index in [0.717, 1.165) is 11.1 Å². The van der Waals surface area contributed by atoms with Crippen molar-refractivity contribution >= 4 is 17.5 Å². The molecule has 0 saturated heterocycles. The first kappa shape index (κ1) is 11.4. The van der Waals surface area contributed by atoms with Gasteiger partial charge in [0.2, 0.25) is 5.91 Å². The highest BCUT2D eigenvalue weighted by atomic mass is 35.5. The maximum Gasteiger partial charge on any atom is 0.221 e. The molecule has 16 heavy (non-hydrogen) atoms. The molecule has 1 aliphatic rings. The quantitative estimate of drug-likeness (QED) is 0.784. The van der Waals surface area contributed by atoms with Gasteiger partial charge in [-0.3, -0.25) is 4.79 Å². The van der Waals surface area contributed by atoms with Crippen LogP contribution in [0.3, 0.4) is 0 Å². The summed E-state index contributed by atoms with van der Waals surface area (Å²) < 4.78 is 0. The van der Waals surface area contributed by atoms with E-state index < -0.39 is 6.10 Å². The number of amides is 1. The predicted molar refractivity (Wildman–Crippen MR) is 62.4 cm³/mol. The number of carbonyl (C=O) groups excluding carboxylic acids is 1. The highest BCUT2D eigenvalue weighted by Gasteiger charge is 2.31. The summed E-state index contributed by atoms with van der Waals surface area (Å²) in [5, 5.41) is 12.7. The van der Waals surface area contributed by atoms with Gasteiger partial charge in [0.05, 0.1) is 12.1 Å². The topological polar surface area (TPSA) is 49.3 Å². The standard InChI is InChI=1S/C12H14ClNO2/c13-6-5-11(16)14-12-9-4-2-1-3-8(9)7-10(12)15/h1-4,10,12,15H,5-7H2,(H,14,16)/t10-,12+/m1/s1. The van der Waals surface area contributed by atoms with Crippen molar-refractivity contribution < 1.29 is 9.90 Å². The smallest absolute Gasteiger partial charge is 0.221 e. The predicted octanol–water partition coefficient (Wildman–Crippen LogP) is 1.39. The summed E-state index contributed by atoms with van der Waals surface area (Å²) in [7, 11) is 0. The summed E-state index contributed by atoms with van der Waals surface area (Å²) in [5.41, 5.74) is 2.11. The van der Waals surface area contributed by atoms with Gasteiger partial charge >= 0.3 is 0 Å². The Labute approximate surface area is 99.4 Å². The number of aliphatic hydroxyl groups excluding tert-OH is 1. The zero-order valence-electron chi connectivity index (χ0n) is 8.82. The molecule has 0 radical (unpaired) electrons. The number of hydrogen-bond donors (Lipinski definition) is 2. The highest BCUT2D eigenvalue weighted by molar-refractivity contribution is 6.18. The minimum atomic E-state index is -0.531. The molecule has 0 unspecified atom stereocenters.